The Morgan fingerprint density at radius 1 is 0.414 bits per heavy atom. The summed E-state index contributed by atoms with van der Waals surface area (Å²) in [5.41, 5.74) is 9.05. The molecule has 6 unspecified atom stereocenters. The minimum absolute atomic E-state index is 0. The molecule has 38 nitrogen and oxygen atoms in total. The summed E-state index contributed by atoms with van der Waals surface area (Å²) in [6.45, 7) is 35.9. The molecule has 145 heavy (non-hydrogen) atoms. The average Bonchev–Trinajstić information content (AvgIpc) is 0.731. The van der Waals surface area contributed by atoms with Crippen LogP contribution in [0.4, 0.5) is 34.1 Å². The van der Waals surface area contributed by atoms with E-state index in [0.29, 0.717) is 145 Å². The normalized spacial score (nSPS) is 19.6. The van der Waals surface area contributed by atoms with Crippen LogP contribution in [0.3, 0.4) is 0 Å². The van der Waals surface area contributed by atoms with E-state index in [2.05, 4.69) is 113 Å². The van der Waals surface area contributed by atoms with Gasteiger partial charge < -0.3 is 101 Å². The van der Waals surface area contributed by atoms with Crippen molar-refractivity contribution in [3.05, 3.63) is 129 Å². The first-order valence-corrected chi connectivity index (χ1v) is 55.6. The number of benzene rings is 6. The number of aromatic hydroxyl groups is 1. The van der Waals surface area contributed by atoms with Crippen LogP contribution in [0.5, 0.6) is 46.0 Å². The number of hydrogen-bond donors (Lipinski definition) is 4. The summed E-state index contributed by atoms with van der Waals surface area (Å²) in [4.78, 5) is 47.2. The van der Waals surface area contributed by atoms with Gasteiger partial charge in [0.2, 0.25) is 5.36 Å². The van der Waals surface area contributed by atoms with Crippen molar-refractivity contribution < 1.29 is 309 Å². The van der Waals surface area contributed by atoms with Crippen molar-refractivity contribution in [1.82, 2.24) is 4.58 Å². The van der Waals surface area contributed by atoms with Crippen molar-refractivity contribution in [3.63, 3.8) is 0 Å². The molecule has 6 aromatic rings. The molecule has 0 aromatic heterocycles. The smallest absolute Gasteiger partial charge is 0.748 e. The van der Waals surface area contributed by atoms with E-state index in [9.17, 15) is 103 Å². The Bertz CT molecular complexity index is 6250. The zero-order valence-electron chi connectivity index (χ0n) is 88.6. The number of nitrogens with zero attached hydrogens (tertiary/aromatic N) is 7. The molecule has 50 heteroatoms. The minimum atomic E-state index is -4.54. The summed E-state index contributed by atoms with van der Waals surface area (Å²) in [6.07, 6.45) is 6.09. The molecule has 6 atom stereocenters. The molecule has 0 radical (unpaired) electrons. The number of aliphatic carboxylic acids is 2. The Kier molecular flexibility index (Phi) is 51.6. The fraction of sp³-hybridized carbons (Fsp3) is 0.600. The van der Waals surface area contributed by atoms with E-state index >= 15 is 0 Å². The number of phenols is 1. The van der Waals surface area contributed by atoms with Gasteiger partial charge in [0.15, 0.2) is 40.0 Å². The molecule has 6 aromatic carbocycles. The quantitative estimate of drug-likeness (QED) is 0.0128. The molecule has 776 valence electrons. The summed E-state index contributed by atoms with van der Waals surface area (Å²) >= 11 is 0. The molecule has 0 bridgehead atoms. The first kappa shape index (κ1) is 136. The van der Waals surface area contributed by atoms with E-state index in [-0.39, 0.29) is 272 Å². The number of carbonyl (C=O) groups is 2. The predicted molar refractivity (Wildman–Crippen MR) is 521 cm³/mol. The van der Waals surface area contributed by atoms with Crippen LogP contribution in [0, 0.1) is 0 Å². The SMILES string of the molecule is CC1(C)CC(CS(=O)(=O)[O-])c2ccc(O)cc2N1CCCC(=O)[O-].CC1CC(C)(C)N(CCCS(=O)(=O)[O-])c2cc3c(cc21)N=c1cc2c(cc1O3)=[N+](CCCC(=O)O)C(C)(C)CC2CS(=O)(=O)[O-].COc1cc2c(cc1ON)C(C)CC(C)(C)N2CCCS(=O)(=O)[O-].COc1cc2c(cc1ON)C(C)CC(C)(C)N2CCCS(=O)(=O)[O-].COc1ccc2c(c1)N(CCCS(=O)(=O)[O-])C(C)(C)CC2C.[Na+].[Na+].[Na+].[Na+].[Na+].[Na+]. The van der Waals surface area contributed by atoms with E-state index in [1.165, 1.54) is 31.9 Å². The number of hydrogen-bond acceptors (Lipinski definition) is 36. The van der Waals surface area contributed by atoms with Crippen molar-refractivity contribution in [2.24, 2.45) is 16.8 Å². The van der Waals surface area contributed by atoms with Crippen LogP contribution in [0.25, 0.3) is 0 Å². The second-order valence-electron chi connectivity index (χ2n) is 40.9. The maximum absolute atomic E-state index is 11.9. The van der Waals surface area contributed by atoms with Gasteiger partial charge in [-0.15, -0.1) is 0 Å². The minimum Gasteiger partial charge on any atom is -0.748 e. The van der Waals surface area contributed by atoms with Gasteiger partial charge in [0.05, 0.1) is 94.5 Å². The number of rotatable bonds is 33. The summed E-state index contributed by atoms with van der Waals surface area (Å²) in [5, 5.41) is 30.8. The van der Waals surface area contributed by atoms with Gasteiger partial charge in [0, 0.05) is 190 Å². The van der Waals surface area contributed by atoms with Gasteiger partial charge in [0.1, 0.15) is 29.1 Å². The summed E-state index contributed by atoms with van der Waals surface area (Å²) < 4.78 is 226. The van der Waals surface area contributed by atoms with Gasteiger partial charge in [0.25, 0.3) is 0 Å². The molecular weight excluding hydrogens is 2060 g/mol. The maximum Gasteiger partial charge on any atom is 1.00 e. The summed E-state index contributed by atoms with van der Waals surface area (Å²) in [7, 11) is -21.2. The molecule has 13 rings (SSSR count). The molecule has 0 saturated carbocycles. The largest absolute Gasteiger partial charge is 1.00 e. The van der Waals surface area contributed by atoms with Crippen LogP contribution in [0.15, 0.2) is 89.9 Å². The molecule has 0 fully saturated rings. The second-order valence-corrected chi connectivity index (χ2v) is 49.9. The van der Waals surface area contributed by atoms with Crippen molar-refractivity contribution in [2.45, 2.75) is 269 Å². The first-order valence-electron chi connectivity index (χ1n) is 46.2. The van der Waals surface area contributed by atoms with Gasteiger partial charge in [-0.3, -0.25) is 4.79 Å². The number of phenolic OH excluding ortho intramolecular Hbond substituents is 1. The molecule has 7 aliphatic rings. The molecule has 0 saturated heterocycles. The number of anilines is 5. The Hall–Kier alpha value is -3.16. The topological polar surface area (TPSA) is 580 Å². The van der Waals surface area contributed by atoms with Gasteiger partial charge in [-0.25, -0.2) is 60.1 Å². The third kappa shape index (κ3) is 37.6. The van der Waals surface area contributed by atoms with Crippen molar-refractivity contribution in [2.75, 3.05) is 120 Å². The molecule has 0 spiro atoms. The van der Waals surface area contributed by atoms with E-state index in [1.807, 2.05) is 81.1 Å². The maximum atomic E-state index is 11.9. The Morgan fingerprint density at radius 2 is 0.772 bits per heavy atom. The van der Waals surface area contributed by atoms with Gasteiger partial charge in [-0.1, -0.05) is 39.8 Å². The number of methoxy groups -OCH3 is 3. The molecule has 0 amide bonds. The van der Waals surface area contributed by atoms with E-state index < -0.39 is 113 Å². The predicted octanol–water partition coefficient (Wildman–Crippen LogP) is -7.82. The molecule has 7 aliphatic heterocycles. The number of carboxylic acids is 2. The van der Waals surface area contributed by atoms with Crippen LogP contribution in [0.1, 0.15) is 270 Å². The van der Waals surface area contributed by atoms with E-state index in [1.54, 1.807) is 25.3 Å². The van der Waals surface area contributed by atoms with Gasteiger partial charge >= 0.3 is 183 Å². The molecule has 6 N–H and O–H groups in total. The van der Waals surface area contributed by atoms with Crippen LogP contribution in [-0.4, -0.2) is 228 Å². The van der Waals surface area contributed by atoms with Crippen molar-refractivity contribution in [1.29, 1.82) is 0 Å². The number of fused-ring (bicyclic) bond motifs is 8. The second kappa shape index (κ2) is 55.0. The van der Waals surface area contributed by atoms with E-state index in [4.69, 9.17) is 45.4 Å². The number of carboxylic acid groups (broad SMARTS) is 2. The number of carbonyl (C=O) groups excluding carboxylic acids is 1. The van der Waals surface area contributed by atoms with Crippen LogP contribution in [0.2, 0.25) is 0 Å². The average molecular weight is 2200 g/mol. The Balaban J connectivity index is 0.000000477. The Labute approximate surface area is 988 Å². The van der Waals surface area contributed by atoms with Crippen LogP contribution < -0.4 is 263 Å². The number of nitrogens with two attached hydrogens (primary N) is 2. The van der Waals surface area contributed by atoms with Gasteiger partial charge in [-0.05, 0) is 242 Å². The summed E-state index contributed by atoms with van der Waals surface area (Å²) in [6, 6.07) is 25.5. The first-order chi connectivity index (χ1) is 64.0. The molecule has 7 heterocycles. The van der Waals surface area contributed by atoms with Crippen LogP contribution in [-0.2, 0) is 70.3 Å². The third-order valence-electron chi connectivity index (χ3n) is 27.1. The zero-order chi connectivity index (χ0) is 104. The monoisotopic (exact) mass is 2200 g/mol. The fourth-order valence-electron chi connectivity index (χ4n) is 21.4. The van der Waals surface area contributed by atoms with Crippen molar-refractivity contribution >= 4 is 107 Å². The van der Waals surface area contributed by atoms with Crippen LogP contribution >= 0.6 is 0 Å². The molecule has 0 aliphatic carbocycles. The van der Waals surface area contributed by atoms with E-state index in [0.717, 1.165) is 70.9 Å². The molecular formula is C95H135N9Na6O29S6. The zero-order valence-corrected chi connectivity index (χ0v) is 105. The number of ether oxygens (including phenoxy) is 4. The van der Waals surface area contributed by atoms with Crippen molar-refractivity contribution in [3.8, 4) is 46.0 Å². The Morgan fingerprint density at radius 3 is 1.14 bits per heavy atom. The fourth-order valence-corrected chi connectivity index (χ4v) is 24.9. The van der Waals surface area contributed by atoms with Gasteiger partial charge in [-0.2, -0.15) is 11.8 Å². The third-order valence-corrected chi connectivity index (χ3v) is 31.9. The standard InChI is InChI=1S/C31H41N3O9S2.2C16H26N2O5S.C16H23NO6S.C16H25NO4S.6Na/c1-19-16-30(2,3)34(10-7-11-44(37,38)39)25-14-27-23(12-21(19)25)32-24-13-22-20(18-45(40,41)42)17-31(4,5)33(9-6-8-29(35)36)26(22)15-28(24)43-27;2*1-11-10-16(2,3)18(6-5-7-24(19,20)21)13-9-14(22-4)15(23-17)8-12(11)13;1-16(2)9-11(10-24(21,22)23)13-6-5-12(18)8-14(13)17(16)7-3-4-15(19)20;1-12-11-16(2,3)17(8-5-9-22(18,19)20)15-10-13(21-4)6-7-14(12)15;;;;;;/h12-15,19-20H,6-11,16-18H2,1-5H3,(H2-,35,36,37,38,39,40,41,42);2*8-9,11H,5-7,10,17H2,1-4H3,(H,19,20,21);5-6,8,11,18H,3-4,7,9-10H2,1-2H3,(H,19,20)(H,21,22,23);6-7,10,12H,5,8-9,11H2,1-4H3,(H,18,19,20);;;;;;/q;;;;;6*+1/p-6. The summed E-state index contributed by atoms with van der Waals surface area (Å²) in [5.74, 6) is 9.87.